The van der Waals surface area contributed by atoms with Gasteiger partial charge in [0.1, 0.15) is 4.90 Å². The highest BCUT2D eigenvalue weighted by molar-refractivity contribution is 7.90. The zero-order chi connectivity index (χ0) is 14.5. The number of carbonyl (C=O) groups is 1. The number of nitrogens with zero attached hydrogens (tertiary/aromatic N) is 1. The molecule has 0 aliphatic carbocycles. The second-order valence-corrected chi connectivity index (χ2v) is 5.38. The number of sulfonamides is 1. The summed E-state index contributed by atoms with van der Waals surface area (Å²) in [5.74, 6) is 0. The van der Waals surface area contributed by atoms with Crippen molar-refractivity contribution >= 4 is 21.7 Å². The highest BCUT2D eigenvalue weighted by Gasteiger charge is 2.20. The molecule has 8 heteroatoms. The molecule has 0 spiro atoms. The van der Waals surface area contributed by atoms with Gasteiger partial charge in [-0.1, -0.05) is 6.92 Å². The van der Waals surface area contributed by atoms with Gasteiger partial charge in [-0.05, 0) is 24.6 Å². The van der Waals surface area contributed by atoms with Crippen molar-refractivity contribution in [3.05, 3.63) is 23.8 Å². The van der Waals surface area contributed by atoms with Gasteiger partial charge < -0.3 is 11.1 Å². The van der Waals surface area contributed by atoms with E-state index in [1.54, 1.807) is 0 Å². The number of amides is 2. The van der Waals surface area contributed by atoms with Gasteiger partial charge in [0.05, 0.1) is 17.3 Å². The molecule has 102 valence electrons. The van der Waals surface area contributed by atoms with E-state index >= 15 is 0 Å². The first-order valence-electron chi connectivity index (χ1n) is 5.51. The Morgan fingerprint density at radius 3 is 2.68 bits per heavy atom. The molecule has 0 aromatic heterocycles. The molecule has 1 rings (SSSR count). The minimum atomic E-state index is -4.04. The van der Waals surface area contributed by atoms with Crippen molar-refractivity contribution in [2.75, 3.05) is 12.3 Å². The van der Waals surface area contributed by atoms with Crippen LogP contribution in [-0.2, 0) is 10.0 Å². The van der Waals surface area contributed by atoms with Gasteiger partial charge >= 0.3 is 6.03 Å². The fourth-order valence-electron chi connectivity index (χ4n) is 1.31. The lowest BCUT2D eigenvalue weighted by molar-refractivity contribution is 0.246. The van der Waals surface area contributed by atoms with E-state index < -0.39 is 16.1 Å². The van der Waals surface area contributed by atoms with Crippen LogP contribution in [0.1, 0.15) is 18.9 Å². The number of nitriles is 1. The van der Waals surface area contributed by atoms with E-state index in [0.717, 1.165) is 0 Å². The van der Waals surface area contributed by atoms with E-state index in [-0.39, 0.29) is 16.1 Å². The van der Waals surface area contributed by atoms with Crippen LogP contribution in [0.3, 0.4) is 0 Å². The fraction of sp³-hybridized carbons (Fsp3) is 0.273. The Balaban J connectivity index is 2.95. The van der Waals surface area contributed by atoms with Crippen LogP contribution in [0.4, 0.5) is 10.5 Å². The zero-order valence-electron chi connectivity index (χ0n) is 10.3. The molecule has 7 nitrogen and oxygen atoms in total. The Labute approximate surface area is 111 Å². The molecular formula is C11H14N4O3S. The summed E-state index contributed by atoms with van der Waals surface area (Å²) in [7, 11) is -4.04. The maximum atomic E-state index is 11.9. The number of hydrogen-bond acceptors (Lipinski definition) is 5. The quantitative estimate of drug-likeness (QED) is 0.695. The van der Waals surface area contributed by atoms with Gasteiger partial charge in [-0.3, -0.25) is 0 Å². The van der Waals surface area contributed by atoms with Crippen molar-refractivity contribution in [1.82, 2.24) is 10.0 Å². The van der Waals surface area contributed by atoms with Crippen LogP contribution in [0.25, 0.3) is 0 Å². The van der Waals surface area contributed by atoms with Crippen molar-refractivity contribution in [2.45, 2.75) is 18.2 Å². The normalized spacial score (nSPS) is 10.5. The molecule has 0 radical (unpaired) electrons. The largest absolute Gasteiger partial charge is 0.398 e. The molecule has 1 aromatic carbocycles. The van der Waals surface area contributed by atoms with Crippen molar-refractivity contribution in [3.63, 3.8) is 0 Å². The molecule has 0 unspecified atom stereocenters. The Bertz CT molecular complexity index is 619. The molecule has 0 aliphatic heterocycles. The summed E-state index contributed by atoms with van der Waals surface area (Å²) in [5.41, 5.74) is 5.71. The number of nitrogens with two attached hydrogens (primary N) is 1. The number of hydrogen-bond donors (Lipinski definition) is 3. The third kappa shape index (κ3) is 3.86. The molecule has 4 N–H and O–H groups in total. The Kier molecular flexibility index (Phi) is 4.72. The molecule has 0 atom stereocenters. The van der Waals surface area contributed by atoms with Crippen molar-refractivity contribution in [1.29, 1.82) is 5.26 Å². The Hall–Kier alpha value is -2.27. The fourth-order valence-corrected chi connectivity index (χ4v) is 2.36. The first-order chi connectivity index (χ1) is 8.90. The third-order valence-corrected chi connectivity index (χ3v) is 3.60. The molecular weight excluding hydrogens is 268 g/mol. The molecule has 2 amide bonds. The van der Waals surface area contributed by atoms with Gasteiger partial charge in [-0.15, -0.1) is 0 Å². The molecule has 0 saturated heterocycles. The van der Waals surface area contributed by atoms with Gasteiger partial charge in [0.25, 0.3) is 10.0 Å². The molecule has 1 aromatic rings. The molecule has 0 heterocycles. The van der Waals surface area contributed by atoms with Crippen LogP contribution >= 0.6 is 0 Å². The Morgan fingerprint density at radius 2 is 2.16 bits per heavy atom. The molecule has 0 aliphatic rings. The number of urea groups is 1. The first-order valence-corrected chi connectivity index (χ1v) is 6.99. The topological polar surface area (TPSA) is 125 Å². The predicted molar refractivity (Wildman–Crippen MR) is 69.6 cm³/mol. The molecule has 19 heavy (non-hydrogen) atoms. The van der Waals surface area contributed by atoms with E-state index in [2.05, 4.69) is 5.32 Å². The van der Waals surface area contributed by atoms with E-state index in [9.17, 15) is 13.2 Å². The monoisotopic (exact) mass is 282 g/mol. The molecule has 0 fully saturated rings. The van der Waals surface area contributed by atoms with Crippen LogP contribution < -0.4 is 15.8 Å². The zero-order valence-corrected chi connectivity index (χ0v) is 11.1. The predicted octanol–water partition coefficient (Wildman–Crippen LogP) is 0.538. The van der Waals surface area contributed by atoms with Crippen LogP contribution in [0.5, 0.6) is 0 Å². The summed E-state index contributed by atoms with van der Waals surface area (Å²) in [6, 6.07) is 4.76. The highest BCUT2D eigenvalue weighted by atomic mass is 32.2. The van der Waals surface area contributed by atoms with Crippen LogP contribution in [-0.4, -0.2) is 21.0 Å². The minimum absolute atomic E-state index is 0.0881. The number of nitrogens with one attached hydrogen (secondary N) is 2. The van der Waals surface area contributed by atoms with Crippen molar-refractivity contribution in [2.24, 2.45) is 0 Å². The summed E-state index contributed by atoms with van der Waals surface area (Å²) < 4.78 is 25.6. The average molecular weight is 282 g/mol. The number of carbonyl (C=O) groups excluding carboxylic acids is 1. The number of benzene rings is 1. The number of nitrogen functional groups attached to an aromatic ring is 1. The summed E-state index contributed by atoms with van der Waals surface area (Å²) in [6.07, 6.45) is 0.687. The second kappa shape index (κ2) is 6.06. The van der Waals surface area contributed by atoms with Gasteiger partial charge in [0.2, 0.25) is 0 Å². The lowest BCUT2D eigenvalue weighted by Gasteiger charge is -2.09. The third-order valence-electron chi connectivity index (χ3n) is 2.19. The van der Waals surface area contributed by atoms with E-state index in [0.29, 0.717) is 13.0 Å². The first kappa shape index (κ1) is 14.8. The van der Waals surface area contributed by atoms with Gasteiger partial charge in [-0.25, -0.2) is 17.9 Å². The highest BCUT2D eigenvalue weighted by Crippen LogP contribution is 2.19. The minimum Gasteiger partial charge on any atom is -0.398 e. The van der Waals surface area contributed by atoms with E-state index in [1.165, 1.54) is 18.2 Å². The lowest BCUT2D eigenvalue weighted by atomic mass is 10.2. The van der Waals surface area contributed by atoms with Gasteiger partial charge in [0.15, 0.2) is 0 Å². The van der Waals surface area contributed by atoms with Crippen molar-refractivity contribution in [3.8, 4) is 6.07 Å². The van der Waals surface area contributed by atoms with Crippen LogP contribution in [0, 0.1) is 11.3 Å². The van der Waals surface area contributed by atoms with E-state index in [1.807, 2.05) is 17.7 Å². The van der Waals surface area contributed by atoms with Crippen molar-refractivity contribution < 1.29 is 13.2 Å². The maximum absolute atomic E-state index is 11.9. The molecule has 0 bridgehead atoms. The van der Waals surface area contributed by atoms with Gasteiger partial charge in [-0.2, -0.15) is 5.26 Å². The Morgan fingerprint density at radius 1 is 1.47 bits per heavy atom. The summed E-state index contributed by atoms with van der Waals surface area (Å²) in [4.78, 5) is 11.1. The summed E-state index contributed by atoms with van der Waals surface area (Å²) in [6.45, 7) is 2.21. The lowest BCUT2D eigenvalue weighted by Crippen LogP contribution is -2.39. The average Bonchev–Trinajstić information content (AvgIpc) is 2.35. The summed E-state index contributed by atoms with van der Waals surface area (Å²) >= 11 is 0. The SMILES string of the molecule is CCCNC(=O)NS(=O)(=O)c1ccc(C#N)cc1N. The smallest absolute Gasteiger partial charge is 0.328 e. The van der Waals surface area contributed by atoms with Crippen LogP contribution in [0.2, 0.25) is 0 Å². The second-order valence-electron chi connectivity index (χ2n) is 3.73. The summed E-state index contributed by atoms with van der Waals surface area (Å²) in [5, 5.41) is 11.0. The van der Waals surface area contributed by atoms with Gasteiger partial charge in [0, 0.05) is 6.54 Å². The standard InChI is InChI=1S/C11H14N4O3S/c1-2-5-14-11(16)15-19(17,18)10-4-3-8(7-12)6-9(10)13/h3-4,6H,2,5,13H2,1H3,(H2,14,15,16). The van der Waals surface area contributed by atoms with Crippen LogP contribution in [0.15, 0.2) is 23.1 Å². The number of rotatable bonds is 4. The molecule has 0 saturated carbocycles. The number of anilines is 1. The maximum Gasteiger partial charge on any atom is 0.328 e. The van der Waals surface area contributed by atoms with E-state index in [4.69, 9.17) is 11.0 Å².